The second kappa shape index (κ2) is 8.59. The Morgan fingerprint density at radius 2 is 1.96 bits per heavy atom. The summed E-state index contributed by atoms with van der Waals surface area (Å²) in [6, 6.07) is 6.42. The Hall–Kier alpha value is -2.45. The summed E-state index contributed by atoms with van der Waals surface area (Å²) in [5.41, 5.74) is 6.94. The molecule has 25 heavy (non-hydrogen) atoms. The van der Waals surface area contributed by atoms with Gasteiger partial charge in [-0.3, -0.25) is 9.59 Å². The first kappa shape index (κ1) is 18.9. The maximum atomic E-state index is 12.6. The van der Waals surface area contributed by atoms with Gasteiger partial charge in [0.1, 0.15) is 12.1 Å². The lowest BCUT2D eigenvalue weighted by atomic mass is 10.1. The van der Waals surface area contributed by atoms with Gasteiger partial charge in [0.15, 0.2) is 0 Å². The van der Waals surface area contributed by atoms with E-state index >= 15 is 0 Å². The highest BCUT2D eigenvalue weighted by molar-refractivity contribution is 5.92. The summed E-state index contributed by atoms with van der Waals surface area (Å²) < 4.78 is 0. The normalized spacial score (nSPS) is 19.3. The highest BCUT2D eigenvalue weighted by Crippen LogP contribution is 2.19. The van der Waals surface area contributed by atoms with Crippen LogP contribution in [-0.2, 0) is 20.8 Å². The van der Waals surface area contributed by atoms with E-state index in [4.69, 9.17) is 15.9 Å². The molecule has 1 aromatic carbocycles. The van der Waals surface area contributed by atoms with Gasteiger partial charge in [-0.15, -0.1) is 0 Å². The lowest BCUT2D eigenvalue weighted by molar-refractivity contribution is -0.145. The number of benzene rings is 1. The summed E-state index contributed by atoms with van der Waals surface area (Å²) in [5.74, 6) is -2.25. The van der Waals surface area contributed by atoms with Gasteiger partial charge in [-0.05, 0) is 24.8 Å². The zero-order valence-electron chi connectivity index (χ0n) is 13.8. The fourth-order valence-electron chi connectivity index (χ4n) is 2.92. The average Bonchev–Trinajstić information content (AvgIpc) is 3.09. The van der Waals surface area contributed by atoms with Gasteiger partial charge in [-0.2, -0.15) is 0 Å². The predicted molar refractivity (Wildman–Crippen MR) is 89.5 cm³/mol. The van der Waals surface area contributed by atoms with E-state index < -0.39 is 36.6 Å². The number of nitrogens with two attached hydrogens (primary N) is 1. The van der Waals surface area contributed by atoms with Crippen molar-refractivity contribution in [3.63, 3.8) is 0 Å². The highest BCUT2D eigenvalue weighted by Gasteiger charge is 2.37. The number of carbonyl (C=O) groups is 3. The van der Waals surface area contributed by atoms with Crippen molar-refractivity contribution >= 4 is 17.8 Å². The number of carboxylic acids is 1. The van der Waals surface area contributed by atoms with Gasteiger partial charge in [0.2, 0.25) is 11.8 Å². The molecule has 0 spiro atoms. The second-order valence-electron chi connectivity index (χ2n) is 6.07. The molecule has 0 saturated carbocycles. The van der Waals surface area contributed by atoms with Crippen molar-refractivity contribution < 1.29 is 24.6 Å². The molecule has 8 heteroatoms. The van der Waals surface area contributed by atoms with Crippen LogP contribution in [0, 0.1) is 0 Å². The van der Waals surface area contributed by atoms with Gasteiger partial charge in [0, 0.05) is 6.54 Å². The summed E-state index contributed by atoms with van der Waals surface area (Å²) in [6.45, 7) is -0.314. The number of carboxylic acid groups (broad SMARTS) is 1. The smallest absolute Gasteiger partial charge is 0.328 e. The van der Waals surface area contributed by atoms with Crippen LogP contribution in [0.5, 0.6) is 0 Å². The zero-order valence-corrected chi connectivity index (χ0v) is 13.8. The van der Waals surface area contributed by atoms with E-state index in [-0.39, 0.29) is 5.91 Å². The van der Waals surface area contributed by atoms with Crippen molar-refractivity contribution in [2.75, 3.05) is 13.2 Å². The van der Waals surface area contributed by atoms with Crippen LogP contribution >= 0.6 is 0 Å². The van der Waals surface area contributed by atoms with E-state index in [0.717, 1.165) is 5.56 Å². The number of hydrogen-bond acceptors (Lipinski definition) is 5. The zero-order chi connectivity index (χ0) is 18.4. The van der Waals surface area contributed by atoms with Crippen molar-refractivity contribution in [1.82, 2.24) is 10.2 Å². The van der Waals surface area contributed by atoms with E-state index in [0.29, 0.717) is 25.8 Å². The molecule has 0 radical (unpaired) electrons. The second-order valence-corrected chi connectivity index (χ2v) is 6.07. The average molecular weight is 349 g/mol. The van der Waals surface area contributed by atoms with E-state index in [1.807, 2.05) is 30.3 Å². The quantitative estimate of drug-likeness (QED) is 0.505. The fourth-order valence-corrected chi connectivity index (χ4v) is 2.92. The molecule has 1 aliphatic rings. The van der Waals surface area contributed by atoms with Crippen molar-refractivity contribution in [3.05, 3.63) is 35.9 Å². The lowest BCUT2D eigenvalue weighted by Crippen LogP contribution is -2.54. The number of amides is 2. The molecule has 0 unspecified atom stereocenters. The first-order valence-corrected chi connectivity index (χ1v) is 8.18. The van der Waals surface area contributed by atoms with Crippen LogP contribution in [-0.4, -0.2) is 64.2 Å². The molecule has 0 aromatic heterocycles. The number of hydrogen-bond donors (Lipinski definition) is 4. The first-order valence-electron chi connectivity index (χ1n) is 8.18. The molecule has 0 bridgehead atoms. The minimum absolute atomic E-state index is 0.336. The molecule has 2 rings (SSSR count). The summed E-state index contributed by atoms with van der Waals surface area (Å²) >= 11 is 0. The summed E-state index contributed by atoms with van der Waals surface area (Å²) in [4.78, 5) is 37.2. The number of aliphatic hydroxyl groups is 1. The van der Waals surface area contributed by atoms with E-state index in [9.17, 15) is 14.4 Å². The number of likely N-dealkylation sites (tertiary alicyclic amines) is 1. The number of nitrogens with one attached hydrogen (secondary N) is 1. The molecule has 136 valence electrons. The minimum atomic E-state index is -1.39. The van der Waals surface area contributed by atoms with Gasteiger partial charge < -0.3 is 26.2 Å². The molecule has 8 nitrogen and oxygen atoms in total. The van der Waals surface area contributed by atoms with Gasteiger partial charge >= 0.3 is 5.97 Å². The van der Waals surface area contributed by atoms with Gasteiger partial charge in [-0.1, -0.05) is 30.3 Å². The Balaban J connectivity index is 2.00. The Bertz CT molecular complexity index is 622. The van der Waals surface area contributed by atoms with Crippen molar-refractivity contribution in [3.8, 4) is 0 Å². The SMILES string of the molecule is N[C@@H](Cc1ccccc1)C(=O)N1CCC[C@H]1C(=O)N[C@@H](CO)C(=O)O. The van der Waals surface area contributed by atoms with Gasteiger partial charge in [-0.25, -0.2) is 4.79 Å². The third-order valence-corrected chi connectivity index (χ3v) is 4.25. The number of nitrogens with zero attached hydrogens (tertiary/aromatic N) is 1. The van der Waals surface area contributed by atoms with E-state index in [1.54, 1.807) is 0 Å². The topological polar surface area (TPSA) is 133 Å². The fraction of sp³-hybridized carbons (Fsp3) is 0.471. The molecule has 1 aliphatic heterocycles. The number of aliphatic hydroxyl groups excluding tert-OH is 1. The van der Waals surface area contributed by atoms with Crippen LogP contribution < -0.4 is 11.1 Å². The Morgan fingerprint density at radius 3 is 2.56 bits per heavy atom. The molecule has 0 aliphatic carbocycles. The molecular weight excluding hydrogens is 326 g/mol. The Morgan fingerprint density at radius 1 is 1.28 bits per heavy atom. The van der Waals surface area contributed by atoms with E-state index in [1.165, 1.54) is 4.90 Å². The largest absolute Gasteiger partial charge is 0.480 e. The monoisotopic (exact) mass is 349 g/mol. The van der Waals surface area contributed by atoms with Crippen LogP contribution in [0.25, 0.3) is 0 Å². The van der Waals surface area contributed by atoms with Crippen LogP contribution in [0.3, 0.4) is 0 Å². The summed E-state index contributed by atoms with van der Waals surface area (Å²) in [5, 5.41) is 20.2. The molecular formula is C17H23N3O5. The molecule has 1 aromatic rings. The first-order chi connectivity index (χ1) is 11.9. The molecule has 1 heterocycles. The third kappa shape index (κ3) is 4.77. The van der Waals surface area contributed by atoms with Crippen LogP contribution in [0.4, 0.5) is 0 Å². The van der Waals surface area contributed by atoms with Crippen LogP contribution in [0.2, 0.25) is 0 Å². The third-order valence-electron chi connectivity index (χ3n) is 4.25. The molecule has 3 atom stereocenters. The van der Waals surface area contributed by atoms with Crippen molar-refractivity contribution in [2.45, 2.75) is 37.4 Å². The van der Waals surface area contributed by atoms with Crippen molar-refractivity contribution in [1.29, 1.82) is 0 Å². The van der Waals surface area contributed by atoms with E-state index in [2.05, 4.69) is 5.32 Å². The lowest BCUT2D eigenvalue weighted by Gasteiger charge is -2.27. The van der Waals surface area contributed by atoms with Crippen LogP contribution in [0.1, 0.15) is 18.4 Å². The minimum Gasteiger partial charge on any atom is -0.480 e. The Kier molecular flexibility index (Phi) is 6.49. The molecule has 1 saturated heterocycles. The summed E-state index contributed by atoms with van der Waals surface area (Å²) in [6.07, 6.45) is 1.44. The van der Waals surface area contributed by atoms with Crippen LogP contribution in [0.15, 0.2) is 30.3 Å². The molecule has 1 fully saturated rings. The van der Waals surface area contributed by atoms with Crippen molar-refractivity contribution in [2.24, 2.45) is 5.73 Å². The maximum absolute atomic E-state index is 12.6. The maximum Gasteiger partial charge on any atom is 0.328 e. The van der Waals surface area contributed by atoms with Gasteiger partial charge in [0.25, 0.3) is 0 Å². The summed E-state index contributed by atoms with van der Waals surface area (Å²) in [7, 11) is 0. The van der Waals surface area contributed by atoms with Gasteiger partial charge in [0.05, 0.1) is 12.6 Å². The molecule has 5 N–H and O–H groups in total. The Labute approximate surface area is 145 Å². The standard InChI is InChI=1S/C17H23N3O5/c18-12(9-11-5-2-1-3-6-11)16(23)20-8-4-7-14(20)15(22)19-13(10-21)17(24)25/h1-3,5-6,12-14,21H,4,7-10,18H2,(H,19,22)(H,24,25)/t12-,13-,14-/m0/s1. The predicted octanol–water partition coefficient (Wildman–Crippen LogP) is -0.891. The number of aliphatic carboxylic acids is 1. The highest BCUT2D eigenvalue weighted by atomic mass is 16.4. The molecule has 2 amide bonds. The number of carbonyl (C=O) groups excluding carboxylic acids is 2. The number of rotatable bonds is 7.